The molecule has 0 saturated carbocycles. The lowest BCUT2D eigenvalue weighted by molar-refractivity contribution is 0.0977. The predicted molar refractivity (Wildman–Crippen MR) is 115 cm³/mol. The fourth-order valence-corrected chi connectivity index (χ4v) is 5.06. The highest BCUT2D eigenvalue weighted by Gasteiger charge is 2.29. The van der Waals surface area contributed by atoms with Gasteiger partial charge in [0, 0.05) is 54.7 Å². The van der Waals surface area contributed by atoms with Crippen LogP contribution in [-0.2, 0) is 4.74 Å². The van der Waals surface area contributed by atoms with Gasteiger partial charge in [0.15, 0.2) is 0 Å². The van der Waals surface area contributed by atoms with Crippen molar-refractivity contribution < 1.29 is 9.84 Å². The fraction of sp³-hybridized carbons (Fsp3) is 0.476. The Morgan fingerprint density at radius 1 is 1.10 bits per heavy atom. The van der Waals surface area contributed by atoms with E-state index in [0.717, 1.165) is 74.0 Å². The maximum absolute atomic E-state index is 10.8. The summed E-state index contributed by atoms with van der Waals surface area (Å²) in [5, 5.41) is 14.6. The molecule has 0 aliphatic carbocycles. The quantitative estimate of drug-likeness (QED) is 0.707. The van der Waals surface area contributed by atoms with Crippen molar-refractivity contribution >= 4 is 33.7 Å². The molecule has 0 unspecified atom stereocenters. The summed E-state index contributed by atoms with van der Waals surface area (Å²) in [6.07, 6.45) is 4.93. The largest absolute Gasteiger partial charge is 0.386 e. The van der Waals surface area contributed by atoms with Gasteiger partial charge in [0.1, 0.15) is 23.3 Å². The Balaban J connectivity index is 1.40. The summed E-state index contributed by atoms with van der Waals surface area (Å²) in [6, 6.07) is 6.44. The molecule has 4 heterocycles. The maximum Gasteiger partial charge on any atom is 0.139 e. The lowest BCUT2D eigenvalue weighted by Crippen LogP contribution is -2.38. The molecule has 152 valence electrons. The van der Waals surface area contributed by atoms with Gasteiger partial charge in [-0.15, -0.1) is 11.3 Å². The van der Waals surface area contributed by atoms with E-state index in [-0.39, 0.29) is 5.92 Å². The number of nitrogens with zero attached hydrogens (tertiary/aromatic N) is 5. The molecule has 0 amide bonds. The van der Waals surface area contributed by atoms with Gasteiger partial charge in [-0.25, -0.2) is 15.0 Å². The van der Waals surface area contributed by atoms with Gasteiger partial charge >= 0.3 is 0 Å². The molecule has 2 fully saturated rings. The maximum atomic E-state index is 10.8. The van der Waals surface area contributed by atoms with Crippen LogP contribution in [0.2, 0.25) is 0 Å². The van der Waals surface area contributed by atoms with Crippen molar-refractivity contribution in [3.8, 4) is 0 Å². The predicted octanol–water partition coefficient (Wildman–Crippen LogP) is 2.87. The second kappa shape index (κ2) is 8.22. The van der Waals surface area contributed by atoms with Crippen LogP contribution in [0.15, 0.2) is 36.1 Å². The Kier molecular flexibility index (Phi) is 5.30. The third kappa shape index (κ3) is 3.80. The average molecular weight is 412 g/mol. The lowest BCUT2D eigenvalue weighted by Gasteiger charge is -2.35. The normalized spacial score (nSPS) is 21.5. The number of anilines is 2. The standard InChI is InChI=1S/C21H25N5O2S/c27-19(21-22-5-11-29-21)15-2-1-6-26(13-15)20-17-4-3-16(12-18(17)23-14-24-20)25-7-9-28-10-8-25/h3-5,11-12,14-15,19,27H,1-2,6-10,13H2/t15-,19+/m1/s1. The van der Waals surface area contributed by atoms with Gasteiger partial charge in [-0.3, -0.25) is 0 Å². The molecule has 2 aliphatic heterocycles. The Labute approximate surface area is 174 Å². The summed E-state index contributed by atoms with van der Waals surface area (Å²) >= 11 is 1.52. The highest BCUT2D eigenvalue weighted by atomic mass is 32.1. The molecule has 0 radical (unpaired) electrons. The van der Waals surface area contributed by atoms with Crippen molar-refractivity contribution in [1.29, 1.82) is 0 Å². The number of ether oxygens (including phenoxy) is 1. The van der Waals surface area contributed by atoms with E-state index in [1.54, 1.807) is 12.5 Å². The number of fused-ring (bicyclic) bond motifs is 1. The van der Waals surface area contributed by atoms with E-state index in [0.29, 0.717) is 0 Å². The summed E-state index contributed by atoms with van der Waals surface area (Å²) in [7, 11) is 0. The van der Waals surface area contributed by atoms with Crippen LogP contribution in [0, 0.1) is 5.92 Å². The van der Waals surface area contributed by atoms with Crippen molar-refractivity contribution in [2.45, 2.75) is 18.9 Å². The number of rotatable bonds is 4. The minimum Gasteiger partial charge on any atom is -0.386 e. The molecular formula is C21H25N5O2S. The molecule has 2 aliphatic rings. The fourth-order valence-electron chi connectivity index (χ4n) is 4.34. The van der Waals surface area contributed by atoms with Gasteiger partial charge in [-0.1, -0.05) is 0 Å². The number of piperidine rings is 1. The van der Waals surface area contributed by atoms with E-state index in [4.69, 9.17) is 4.74 Å². The first-order chi connectivity index (χ1) is 14.3. The van der Waals surface area contributed by atoms with Gasteiger partial charge in [0.2, 0.25) is 0 Å². The molecule has 2 atom stereocenters. The molecule has 0 bridgehead atoms. The number of thiazole rings is 1. The van der Waals surface area contributed by atoms with E-state index in [2.05, 4.69) is 43.0 Å². The number of hydrogen-bond acceptors (Lipinski definition) is 8. The van der Waals surface area contributed by atoms with Crippen LogP contribution in [0.5, 0.6) is 0 Å². The minimum atomic E-state index is -0.515. The monoisotopic (exact) mass is 411 g/mol. The van der Waals surface area contributed by atoms with Crippen molar-refractivity contribution in [1.82, 2.24) is 15.0 Å². The minimum absolute atomic E-state index is 0.160. The second-order valence-corrected chi connectivity index (χ2v) is 8.59. The Hall–Kier alpha value is -2.29. The van der Waals surface area contributed by atoms with Crippen LogP contribution >= 0.6 is 11.3 Å². The van der Waals surface area contributed by atoms with Crippen LogP contribution in [0.4, 0.5) is 11.5 Å². The number of aromatic nitrogens is 3. The van der Waals surface area contributed by atoms with Crippen molar-refractivity contribution in [2.75, 3.05) is 49.2 Å². The lowest BCUT2D eigenvalue weighted by atomic mass is 9.92. The molecule has 2 saturated heterocycles. The first-order valence-electron chi connectivity index (χ1n) is 10.2. The summed E-state index contributed by atoms with van der Waals surface area (Å²) in [5.41, 5.74) is 2.14. The van der Waals surface area contributed by atoms with E-state index >= 15 is 0 Å². The van der Waals surface area contributed by atoms with Gasteiger partial charge in [0.05, 0.1) is 18.7 Å². The molecule has 8 heteroatoms. The molecule has 2 aromatic heterocycles. The first-order valence-corrected chi connectivity index (χ1v) is 11.1. The number of hydrogen-bond donors (Lipinski definition) is 1. The Morgan fingerprint density at radius 3 is 2.83 bits per heavy atom. The molecule has 7 nitrogen and oxygen atoms in total. The van der Waals surface area contributed by atoms with E-state index in [1.807, 2.05) is 5.38 Å². The van der Waals surface area contributed by atoms with E-state index < -0.39 is 6.10 Å². The number of aliphatic hydroxyl groups excluding tert-OH is 1. The molecule has 1 N–H and O–H groups in total. The summed E-state index contributed by atoms with van der Waals surface area (Å²) < 4.78 is 5.47. The van der Waals surface area contributed by atoms with Crippen molar-refractivity contribution in [3.63, 3.8) is 0 Å². The first kappa shape index (κ1) is 18.7. The zero-order chi connectivity index (χ0) is 19.6. The number of morpholine rings is 1. The van der Waals surface area contributed by atoms with Crippen LogP contribution in [0.25, 0.3) is 10.9 Å². The Bertz CT molecular complexity index is 961. The topological polar surface area (TPSA) is 74.6 Å². The molecular weight excluding hydrogens is 386 g/mol. The van der Waals surface area contributed by atoms with Crippen LogP contribution in [0.1, 0.15) is 24.0 Å². The molecule has 29 heavy (non-hydrogen) atoms. The Morgan fingerprint density at radius 2 is 2.00 bits per heavy atom. The summed E-state index contributed by atoms with van der Waals surface area (Å²) in [5.74, 6) is 1.12. The van der Waals surface area contributed by atoms with Crippen LogP contribution < -0.4 is 9.80 Å². The van der Waals surface area contributed by atoms with Crippen molar-refractivity contribution in [2.24, 2.45) is 5.92 Å². The van der Waals surface area contributed by atoms with Crippen LogP contribution in [0.3, 0.4) is 0 Å². The van der Waals surface area contributed by atoms with Crippen LogP contribution in [-0.4, -0.2) is 59.5 Å². The zero-order valence-electron chi connectivity index (χ0n) is 16.3. The van der Waals surface area contributed by atoms with Gasteiger partial charge < -0.3 is 19.6 Å². The highest BCUT2D eigenvalue weighted by Crippen LogP contribution is 2.34. The molecule has 0 spiro atoms. The summed E-state index contributed by atoms with van der Waals surface area (Å²) in [6.45, 7) is 5.07. The van der Waals surface area contributed by atoms with Gasteiger partial charge in [-0.2, -0.15) is 0 Å². The number of aliphatic hydroxyl groups is 1. The smallest absolute Gasteiger partial charge is 0.139 e. The SMILES string of the molecule is O[C@H](c1nccs1)[C@@H]1CCCN(c2ncnc3cc(N4CCOCC4)ccc23)C1. The second-order valence-electron chi connectivity index (χ2n) is 7.66. The highest BCUT2D eigenvalue weighted by molar-refractivity contribution is 7.09. The molecule has 3 aromatic rings. The molecule has 5 rings (SSSR count). The third-order valence-electron chi connectivity index (χ3n) is 5.88. The molecule has 1 aromatic carbocycles. The summed E-state index contributed by atoms with van der Waals surface area (Å²) in [4.78, 5) is 18.1. The average Bonchev–Trinajstić information content (AvgIpc) is 3.33. The third-order valence-corrected chi connectivity index (χ3v) is 6.73. The van der Waals surface area contributed by atoms with E-state index in [9.17, 15) is 5.11 Å². The zero-order valence-corrected chi connectivity index (χ0v) is 17.1. The van der Waals surface area contributed by atoms with Crippen molar-refractivity contribution in [3.05, 3.63) is 41.1 Å². The van der Waals surface area contributed by atoms with Gasteiger partial charge in [0.25, 0.3) is 0 Å². The van der Waals surface area contributed by atoms with E-state index in [1.165, 1.54) is 17.0 Å². The number of benzene rings is 1. The van der Waals surface area contributed by atoms with Gasteiger partial charge in [-0.05, 0) is 31.0 Å².